The summed E-state index contributed by atoms with van der Waals surface area (Å²) in [6.07, 6.45) is 1.61. The first kappa shape index (κ1) is 15.7. The Hall–Kier alpha value is -1.69. The zero-order chi connectivity index (χ0) is 15.1. The largest absolute Gasteiger partial charge is 0.481 e. The number of urea groups is 1. The Balaban J connectivity index is 1.74. The molecule has 0 radical (unpaired) electrons. The third-order valence-electron chi connectivity index (χ3n) is 3.39. The Labute approximate surface area is 128 Å². The number of carbonyl (C=O) groups is 2. The highest BCUT2D eigenvalue weighted by Gasteiger charge is 2.20. The van der Waals surface area contributed by atoms with Gasteiger partial charge < -0.3 is 15.7 Å². The van der Waals surface area contributed by atoms with Crippen molar-refractivity contribution in [3.05, 3.63) is 35.4 Å². The minimum atomic E-state index is -0.840. The molecule has 0 spiro atoms. The van der Waals surface area contributed by atoms with Gasteiger partial charge >= 0.3 is 12.0 Å². The number of thioether (sulfide) groups is 1. The second kappa shape index (κ2) is 7.93. The molecule has 0 fully saturated rings. The van der Waals surface area contributed by atoms with Crippen LogP contribution in [-0.4, -0.2) is 35.9 Å². The molecule has 1 aliphatic heterocycles. The number of fused-ring (bicyclic) bond motifs is 1. The maximum Gasteiger partial charge on any atom is 0.314 e. The lowest BCUT2D eigenvalue weighted by Gasteiger charge is -2.25. The van der Waals surface area contributed by atoms with E-state index in [4.69, 9.17) is 5.11 Å². The maximum atomic E-state index is 11.7. The Kier molecular flexibility index (Phi) is 5.92. The lowest BCUT2D eigenvalue weighted by atomic mass is 10.0. The number of amides is 2. The van der Waals surface area contributed by atoms with Crippen LogP contribution in [0.1, 0.15) is 29.2 Å². The van der Waals surface area contributed by atoms with Gasteiger partial charge in [0.05, 0.1) is 0 Å². The van der Waals surface area contributed by atoms with Crippen molar-refractivity contribution < 1.29 is 14.7 Å². The summed E-state index contributed by atoms with van der Waals surface area (Å²) in [6, 6.07) is 8.12. The Morgan fingerprint density at radius 2 is 2.10 bits per heavy atom. The first-order valence-electron chi connectivity index (χ1n) is 7.09. The fourth-order valence-electron chi connectivity index (χ4n) is 2.34. The summed E-state index contributed by atoms with van der Waals surface area (Å²) in [7, 11) is 0. The van der Waals surface area contributed by atoms with Gasteiger partial charge in [0.25, 0.3) is 0 Å². The van der Waals surface area contributed by atoms with E-state index >= 15 is 0 Å². The first-order valence-corrected chi connectivity index (χ1v) is 8.14. The van der Waals surface area contributed by atoms with E-state index in [9.17, 15) is 9.59 Å². The monoisotopic (exact) mass is 308 g/mol. The molecule has 2 rings (SSSR count). The third-order valence-corrected chi connectivity index (χ3v) is 4.66. The van der Waals surface area contributed by atoms with Crippen LogP contribution in [0.25, 0.3) is 0 Å². The SMILES string of the molecule is O=C(O)CCCNC(=O)NCC1SCCc2ccccc21. The molecule has 1 heterocycles. The zero-order valence-corrected chi connectivity index (χ0v) is 12.6. The van der Waals surface area contributed by atoms with Crippen LogP contribution in [0.3, 0.4) is 0 Å². The molecule has 2 amide bonds. The van der Waals surface area contributed by atoms with Crippen molar-refractivity contribution in [2.24, 2.45) is 0 Å². The van der Waals surface area contributed by atoms with Crippen molar-refractivity contribution in [1.82, 2.24) is 10.6 Å². The Morgan fingerprint density at radius 1 is 1.29 bits per heavy atom. The fraction of sp³-hybridized carbons (Fsp3) is 0.467. The van der Waals surface area contributed by atoms with Gasteiger partial charge in [-0.2, -0.15) is 11.8 Å². The van der Waals surface area contributed by atoms with Crippen molar-refractivity contribution >= 4 is 23.8 Å². The lowest BCUT2D eigenvalue weighted by Crippen LogP contribution is -2.38. The fourth-order valence-corrected chi connectivity index (χ4v) is 3.57. The number of carbonyl (C=O) groups excluding carboxylic acids is 1. The van der Waals surface area contributed by atoms with Crippen LogP contribution < -0.4 is 10.6 Å². The summed E-state index contributed by atoms with van der Waals surface area (Å²) in [4.78, 5) is 22.0. The lowest BCUT2D eigenvalue weighted by molar-refractivity contribution is -0.137. The number of hydrogen-bond acceptors (Lipinski definition) is 3. The van der Waals surface area contributed by atoms with E-state index in [2.05, 4.69) is 28.8 Å². The van der Waals surface area contributed by atoms with Crippen molar-refractivity contribution in [3.8, 4) is 0 Å². The van der Waals surface area contributed by atoms with Gasteiger partial charge in [-0.05, 0) is 29.7 Å². The van der Waals surface area contributed by atoms with Gasteiger partial charge in [-0.1, -0.05) is 24.3 Å². The Bertz CT molecular complexity index is 507. The summed E-state index contributed by atoms with van der Waals surface area (Å²) in [5, 5.41) is 14.3. The molecule has 0 aliphatic carbocycles. The smallest absolute Gasteiger partial charge is 0.314 e. The number of aryl methyl sites for hydroxylation is 1. The van der Waals surface area contributed by atoms with Gasteiger partial charge in [0.15, 0.2) is 0 Å². The van der Waals surface area contributed by atoms with Crippen LogP contribution in [0.5, 0.6) is 0 Å². The standard InChI is InChI=1S/C15H20N2O3S/c18-14(19)6-3-8-16-15(20)17-10-13-12-5-2-1-4-11(12)7-9-21-13/h1-2,4-5,13H,3,6-10H2,(H,18,19)(H2,16,17,20). The quantitative estimate of drug-likeness (QED) is 0.704. The van der Waals surface area contributed by atoms with Gasteiger partial charge in [0, 0.05) is 24.8 Å². The average Bonchev–Trinajstić information content (AvgIpc) is 2.49. The van der Waals surface area contributed by atoms with E-state index in [1.165, 1.54) is 11.1 Å². The highest BCUT2D eigenvalue weighted by molar-refractivity contribution is 7.99. The zero-order valence-electron chi connectivity index (χ0n) is 11.8. The summed E-state index contributed by atoms with van der Waals surface area (Å²) >= 11 is 1.86. The molecular formula is C15H20N2O3S. The predicted octanol–water partition coefficient (Wildman–Crippen LogP) is 2.18. The molecular weight excluding hydrogens is 288 g/mol. The van der Waals surface area contributed by atoms with Crippen LogP contribution in [0.4, 0.5) is 4.79 Å². The maximum absolute atomic E-state index is 11.7. The molecule has 1 aromatic rings. The van der Waals surface area contributed by atoms with Crippen LogP contribution in [0, 0.1) is 0 Å². The predicted molar refractivity (Wildman–Crippen MR) is 83.6 cm³/mol. The van der Waals surface area contributed by atoms with Crippen LogP contribution in [-0.2, 0) is 11.2 Å². The van der Waals surface area contributed by atoms with E-state index in [-0.39, 0.29) is 12.5 Å². The Morgan fingerprint density at radius 3 is 2.90 bits per heavy atom. The number of nitrogens with one attached hydrogen (secondary N) is 2. The van der Waals surface area contributed by atoms with Gasteiger partial charge in [-0.3, -0.25) is 4.79 Å². The van der Waals surface area contributed by atoms with Gasteiger partial charge in [0.2, 0.25) is 0 Å². The number of benzene rings is 1. The van der Waals surface area contributed by atoms with Crippen molar-refractivity contribution in [2.45, 2.75) is 24.5 Å². The summed E-state index contributed by atoms with van der Waals surface area (Å²) in [5.74, 6) is 0.233. The van der Waals surface area contributed by atoms with Crippen molar-refractivity contribution in [1.29, 1.82) is 0 Å². The molecule has 1 aromatic carbocycles. The van der Waals surface area contributed by atoms with Crippen LogP contribution in [0.15, 0.2) is 24.3 Å². The van der Waals surface area contributed by atoms with Crippen LogP contribution >= 0.6 is 11.8 Å². The van der Waals surface area contributed by atoms with E-state index in [1.54, 1.807) is 0 Å². The molecule has 3 N–H and O–H groups in total. The van der Waals surface area contributed by atoms with Gasteiger partial charge in [-0.25, -0.2) is 4.79 Å². The molecule has 0 saturated heterocycles. The third kappa shape index (κ3) is 4.97. The number of rotatable bonds is 6. The van der Waals surface area contributed by atoms with Crippen LogP contribution in [0.2, 0.25) is 0 Å². The van der Waals surface area contributed by atoms with E-state index in [0.717, 1.165) is 12.2 Å². The normalized spacial score (nSPS) is 16.9. The van der Waals surface area contributed by atoms with E-state index in [1.807, 2.05) is 17.8 Å². The molecule has 21 heavy (non-hydrogen) atoms. The topological polar surface area (TPSA) is 78.4 Å². The molecule has 0 bridgehead atoms. The minimum Gasteiger partial charge on any atom is -0.481 e. The number of carboxylic acids is 1. The second-order valence-corrected chi connectivity index (χ2v) is 6.25. The van der Waals surface area contributed by atoms with Crippen molar-refractivity contribution in [3.63, 3.8) is 0 Å². The van der Waals surface area contributed by atoms with Gasteiger partial charge in [-0.15, -0.1) is 0 Å². The first-order chi connectivity index (χ1) is 10.2. The molecule has 0 saturated carbocycles. The summed E-state index contributed by atoms with van der Waals surface area (Å²) < 4.78 is 0. The van der Waals surface area contributed by atoms with Crippen molar-refractivity contribution in [2.75, 3.05) is 18.8 Å². The molecule has 1 aliphatic rings. The summed E-state index contributed by atoms with van der Waals surface area (Å²) in [5.41, 5.74) is 2.67. The molecule has 0 aromatic heterocycles. The number of hydrogen-bond donors (Lipinski definition) is 3. The summed E-state index contributed by atoms with van der Waals surface area (Å²) in [6.45, 7) is 0.971. The second-order valence-electron chi connectivity index (χ2n) is 4.94. The van der Waals surface area contributed by atoms with Gasteiger partial charge in [0.1, 0.15) is 0 Å². The molecule has 5 nitrogen and oxygen atoms in total. The van der Waals surface area contributed by atoms with E-state index in [0.29, 0.717) is 24.8 Å². The highest BCUT2D eigenvalue weighted by atomic mass is 32.2. The average molecular weight is 308 g/mol. The van der Waals surface area contributed by atoms with E-state index < -0.39 is 5.97 Å². The number of carboxylic acid groups (broad SMARTS) is 1. The molecule has 6 heteroatoms. The number of aliphatic carboxylic acids is 1. The highest BCUT2D eigenvalue weighted by Crippen LogP contribution is 2.35. The molecule has 1 atom stereocenters. The molecule has 1 unspecified atom stereocenters. The molecule has 114 valence electrons. The minimum absolute atomic E-state index is 0.0755.